The van der Waals surface area contributed by atoms with Gasteiger partial charge in [-0.05, 0) is 44.7 Å². The van der Waals surface area contributed by atoms with Gasteiger partial charge in [-0.1, -0.05) is 0 Å². The van der Waals surface area contributed by atoms with Crippen LogP contribution < -0.4 is 19.5 Å². The van der Waals surface area contributed by atoms with E-state index < -0.39 is 30.1 Å². The van der Waals surface area contributed by atoms with E-state index in [2.05, 4.69) is 20.3 Å². The van der Waals surface area contributed by atoms with Crippen LogP contribution in [0.4, 0.5) is 0 Å². The first kappa shape index (κ1) is 24.4. The number of aryl methyl sites for hydroxylation is 1. The van der Waals surface area contributed by atoms with Gasteiger partial charge in [0.25, 0.3) is 11.8 Å². The van der Waals surface area contributed by atoms with E-state index in [-0.39, 0.29) is 19.9 Å². The summed E-state index contributed by atoms with van der Waals surface area (Å²) >= 11 is 0. The molecule has 2 fully saturated rings. The van der Waals surface area contributed by atoms with Crippen LogP contribution in [0, 0.1) is 12.8 Å². The number of rotatable bonds is 7. The fourth-order valence-corrected chi connectivity index (χ4v) is 4.99. The lowest BCUT2D eigenvalue weighted by atomic mass is 10.1. The smallest absolute Gasteiger partial charge is 0.255 e. The summed E-state index contributed by atoms with van der Waals surface area (Å²) in [6.07, 6.45) is 1.52. The van der Waals surface area contributed by atoms with Crippen LogP contribution in [0.1, 0.15) is 35.8 Å². The number of carbonyl (C=O) groups excluding carboxylic acids is 2. The van der Waals surface area contributed by atoms with Crippen LogP contribution in [0.25, 0.3) is 22.3 Å². The molecule has 1 saturated heterocycles. The van der Waals surface area contributed by atoms with Crippen LogP contribution in [-0.4, -0.2) is 86.6 Å². The topological polar surface area (TPSA) is 159 Å². The van der Waals surface area contributed by atoms with Crippen LogP contribution >= 0.6 is 0 Å². The third-order valence-corrected chi connectivity index (χ3v) is 7.18. The van der Waals surface area contributed by atoms with Crippen LogP contribution in [-0.2, 0) is 4.79 Å². The van der Waals surface area contributed by atoms with Gasteiger partial charge >= 0.3 is 0 Å². The molecule has 6 rings (SSSR count). The van der Waals surface area contributed by atoms with Gasteiger partial charge in [-0.3, -0.25) is 9.59 Å². The van der Waals surface area contributed by atoms with Gasteiger partial charge in [0.15, 0.2) is 11.5 Å². The van der Waals surface area contributed by atoms with E-state index in [0.717, 1.165) is 12.8 Å². The number of ether oxygens (including phenoxy) is 3. The quantitative estimate of drug-likeness (QED) is 0.356. The van der Waals surface area contributed by atoms with Crippen molar-refractivity contribution in [1.29, 1.82) is 0 Å². The number of aliphatic hydroxyl groups excluding tert-OH is 2. The number of aliphatic hydroxyl groups is 2. The number of nitrogens with one attached hydrogen (secondary N) is 2. The van der Waals surface area contributed by atoms with Crippen molar-refractivity contribution in [2.24, 2.45) is 5.92 Å². The van der Waals surface area contributed by atoms with Gasteiger partial charge < -0.3 is 39.6 Å². The number of hydrogen-bond acceptors (Lipinski definition) is 9. The molecule has 1 saturated carbocycles. The van der Waals surface area contributed by atoms with Crippen molar-refractivity contribution in [1.82, 2.24) is 25.2 Å². The van der Waals surface area contributed by atoms with E-state index >= 15 is 0 Å². The highest BCUT2D eigenvalue weighted by molar-refractivity contribution is 6.09. The summed E-state index contributed by atoms with van der Waals surface area (Å²) in [6.45, 7) is 3.92. The second kappa shape index (κ2) is 9.44. The zero-order valence-electron chi connectivity index (χ0n) is 21.1. The molecule has 1 aliphatic carbocycles. The van der Waals surface area contributed by atoms with Gasteiger partial charge in [0.05, 0.1) is 35.4 Å². The van der Waals surface area contributed by atoms with E-state index in [9.17, 15) is 19.8 Å². The van der Waals surface area contributed by atoms with Crippen molar-refractivity contribution < 1.29 is 34.0 Å². The number of carbonyl (C=O) groups is 2. The predicted molar refractivity (Wildman–Crippen MR) is 134 cm³/mol. The molecule has 38 heavy (non-hydrogen) atoms. The van der Waals surface area contributed by atoms with E-state index in [1.165, 1.54) is 18.2 Å². The third-order valence-electron chi connectivity index (χ3n) is 7.18. The summed E-state index contributed by atoms with van der Waals surface area (Å²) in [7, 11) is 0. The fourth-order valence-electron chi connectivity index (χ4n) is 4.99. The van der Waals surface area contributed by atoms with Gasteiger partial charge in [-0.2, -0.15) is 0 Å². The van der Waals surface area contributed by atoms with Crippen molar-refractivity contribution in [3.05, 3.63) is 29.7 Å². The molecule has 4 N–H and O–H groups in total. The molecular weight excluding hydrogens is 494 g/mol. The molecule has 12 heteroatoms. The van der Waals surface area contributed by atoms with Crippen molar-refractivity contribution >= 4 is 22.8 Å². The Kier molecular flexibility index (Phi) is 6.07. The van der Waals surface area contributed by atoms with Crippen LogP contribution in [0.3, 0.4) is 0 Å². The maximum atomic E-state index is 13.4. The summed E-state index contributed by atoms with van der Waals surface area (Å²) < 4.78 is 17.5. The Labute approximate surface area is 217 Å². The third kappa shape index (κ3) is 4.29. The Morgan fingerprint density at radius 2 is 2.08 bits per heavy atom. The Bertz CT molecular complexity index is 1420. The minimum absolute atomic E-state index is 0.0265. The molecule has 3 aromatic rings. The summed E-state index contributed by atoms with van der Waals surface area (Å²) in [5, 5.41) is 22.9. The number of H-pyrrole nitrogens is 1. The van der Waals surface area contributed by atoms with Crippen molar-refractivity contribution in [2.45, 2.75) is 44.9 Å². The highest BCUT2D eigenvalue weighted by Crippen LogP contribution is 2.48. The number of aromatic nitrogens is 3. The number of benzene rings is 1. The molecule has 0 bridgehead atoms. The Morgan fingerprint density at radius 3 is 2.84 bits per heavy atom. The Balaban J connectivity index is 1.34. The second-order valence-electron chi connectivity index (χ2n) is 10.1. The molecule has 0 spiro atoms. The molecule has 2 amide bonds. The zero-order chi connectivity index (χ0) is 26.6. The van der Waals surface area contributed by atoms with Crippen LogP contribution in [0.15, 0.2) is 18.5 Å². The second-order valence-corrected chi connectivity index (χ2v) is 10.1. The minimum Gasteiger partial charge on any atom is -0.492 e. The highest BCUT2D eigenvalue weighted by Gasteiger charge is 2.37. The van der Waals surface area contributed by atoms with Crippen molar-refractivity contribution in [3.63, 3.8) is 0 Å². The van der Waals surface area contributed by atoms with Crippen molar-refractivity contribution in [2.75, 3.05) is 26.5 Å². The first-order valence-corrected chi connectivity index (χ1v) is 12.7. The molecule has 0 radical (unpaired) electrons. The molecule has 12 nitrogen and oxygen atoms in total. The van der Waals surface area contributed by atoms with Crippen molar-refractivity contribution in [3.8, 4) is 28.5 Å². The molecule has 1 aromatic carbocycles. The van der Waals surface area contributed by atoms with Crippen LogP contribution in [0.5, 0.6) is 17.2 Å². The number of nitrogens with zero attached hydrogens (tertiary/aromatic N) is 3. The molecular formula is C26H29N5O7. The van der Waals surface area contributed by atoms with Gasteiger partial charge in [0.2, 0.25) is 6.79 Å². The first-order chi connectivity index (χ1) is 18.3. The maximum Gasteiger partial charge on any atom is 0.255 e. The lowest BCUT2D eigenvalue weighted by Gasteiger charge is -2.18. The molecule has 2 aliphatic heterocycles. The average Bonchev–Trinajstić information content (AvgIpc) is 3.30. The van der Waals surface area contributed by atoms with E-state index in [1.807, 2.05) is 12.1 Å². The normalized spacial score (nSPS) is 21.1. The van der Waals surface area contributed by atoms with Gasteiger partial charge in [0.1, 0.15) is 29.4 Å². The number of likely N-dealkylation sites (tertiary alicyclic amines) is 1. The van der Waals surface area contributed by atoms with Gasteiger partial charge in [-0.15, -0.1) is 0 Å². The van der Waals surface area contributed by atoms with Gasteiger partial charge in [-0.25, -0.2) is 9.97 Å². The first-order valence-electron chi connectivity index (χ1n) is 12.7. The molecule has 200 valence electrons. The number of amides is 2. The molecule has 2 aromatic heterocycles. The highest BCUT2D eigenvalue weighted by atomic mass is 16.7. The minimum atomic E-state index is -1.19. The summed E-state index contributed by atoms with van der Waals surface area (Å²) in [4.78, 5) is 39.1. The lowest BCUT2D eigenvalue weighted by Crippen LogP contribution is -2.43. The monoisotopic (exact) mass is 523 g/mol. The summed E-state index contributed by atoms with van der Waals surface area (Å²) in [5.41, 5.74) is 2.95. The Hall–Kier alpha value is -3.90. The number of fused-ring (bicyclic) bond motifs is 2. The maximum absolute atomic E-state index is 13.4. The number of β-amino-alcohol motifs (C(OH)–C–C–N with tert-alkyl or cyclic N) is 1. The predicted octanol–water partition coefficient (Wildman–Crippen LogP) is 1.13. The van der Waals surface area contributed by atoms with E-state index in [4.69, 9.17) is 14.2 Å². The summed E-state index contributed by atoms with van der Waals surface area (Å²) in [6, 6.07) is 2.95. The molecule has 4 heterocycles. The lowest BCUT2D eigenvalue weighted by molar-refractivity contribution is -0.138. The summed E-state index contributed by atoms with van der Waals surface area (Å²) in [5.74, 6) is 1.31. The zero-order valence-corrected chi connectivity index (χ0v) is 21.1. The molecule has 3 atom stereocenters. The number of hydrogen-bond donors (Lipinski definition) is 4. The van der Waals surface area contributed by atoms with Gasteiger partial charge in [0, 0.05) is 18.8 Å². The van der Waals surface area contributed by atoms with E-state index in [1.54, 1.807) is 6.92 Å². The fraction of sp³-hybridized carbons (Fsp3) is 0.462. The largest absolute Gasteiger partial charge is 0.492 e. The SMILES string of the molecule is Cc1[nH]c2c(-c3c(OCC4CC4)ccc4c3OCO4)ncnc2c1C(=O)N[C@H]1CN(C(=O)[C@H](C)O)C[C@H]1O. The number of aromatic amines is 1. The average molecular weight is 524 g/mol. The Morgan fingerprint density at radius 1 is 1.26 bits per heavy atom. The standard InChI is InChI=1S/C26H29N5O7/c1-12-19(25(34)30-15-7-31(8-16(15)33)26(35)13(2)32)21-23(29-12)22(28-10-27-21)20-17(36-9-14-3-4-14)5-6-18-24(20)38-11-37-18/h5-6,10,13-16,29,32-33H,3-4,7-9,11H2,1-2H3,(H,30,34)/t13-,15-,16+/m0/s1. The molecule has 3 aliphatic rings. The van der Waals surface area contributed by atoms with Crippen LogP contribution in [0.2, 0.25) is 0 Å². The van der Waals surface area contributed by atoms with E-state index in [0.29, 0.717) is 63.3 Å². The molecule has 0 unspecified atom stereocenters.